The average molecular weight is 329 g/mol. The van der Waals surface area contributed by atoms with Gasteiger partial charge in [0.1, 0.15) is 11.3 Å². The monoisotopic (exact) mass is 329 g/mol. The van der Waals surface area contributed by atoms with Crippen LogP contribution in [0.4, 0.5) is 17.1 Å². The Hall–Kier alpha value is -2.79. The number of carbonyl (C=O) groups excluding carboxylic acids is 1. The summed E-state index contributed by atoms with van der Waals surface area (Å²) in [6.07, 6.45) is 0. The van der Waals surface area contributed by atoms with Crippen molar-refractivity contribution in [1.82, 2.24) is 0 Å². The van der Waals surface area contributed by atoms with Crippen molar-refractivity contribution in [3.8, 4) is 0 Å². The number of nitrogens with zero attached hydrogens (tertiary/aromatic N) is 3. The van der Waals surface area contributed by atoms with E-state index in [9.17, 15) is 25.0 Å². The van der Waals surface area contributed by atoms with Gasteiger partial charge in [-0.3, -0.25) is 20.2 Å². The predicted octanol–water partition coefficient (Wildman–Crippen LogP) is 0.0806. The van der Waals surface area contributed by atoms with Gasteiger partial charge in [0.05, 0.1) is 36.2 Å². The van der Waals surface area contributed by atoms with Gasteiger partial charge in [0.15, 0.2) is 0 Å². The van der Waals surface area contributed by atoms with Crippen LogP contribution in [0.1, 0.15) is 10.4 Å². The van der Waals surface area contributed by atoms with Gasteiger partial charge in [0.25, 0.3) is 11.4 Å². The summed E-state index contributed by atoms with van der Waals surface area (Å²) in [6.45, 7) is -0.886. The fraction of sp³-hybridized carbons (Fsp3) is 0.417. The lowest BCUT2D eigenvalue weighted by atomic mass is 10.1. The molecule has 0 aliphatic heterocycles. The average Bonchev–Trinajstić information content (AvgIpc) is 2.52. The number of methoxy groups -OCH3 is 1. The summed E-state index contributed by atoms with van der Waals surface area (Å²) in [7, 11) is 1.02. The number of carbonyl (C=O) groups is 1. The number of nitro groups is 2. The van der Waals surface area contributed by atoms with Crippen LogP contribution in [0.15, 0.2) is 12.1 Å². The molecule has 0 unspecified atom stereocenters. The highest BCUT2D eigenvalue weighted by Crippen LogP contribution is 2.35. The van der Waals surface area contributed by atoms with E-state index in [2.05, 4.69) is 4.74 Å². The lowest BCUT2D eigenvalue weighted by molar-refractivity contribution is -0.393. The van der Waals surface area contributed by atoms with Crippen molar-refractivity contribution >= 4 is 23.0 Å². The number of aliphatic hydroxyl groups excluding tert-OH is 2. The molecule has 11 heteroatoms. The standard InChI is InChI=1S/C12H15N3O8/c1-23-12(18)8-6-10(13(2-4-16)3-5-17)11(15(21)22)7-9(8)14(19)20/h6-7,16-17H,2-5H2,1H3. The van der Waals surface area contributed by atoms with E-state index >= 15 is 0 Å². The van der Waals surface area contributed by atoms with Gasteiger partial charge in [-0.2, -0.15) is 0 Å². The van der Waals surface area contributed by atoms with Gasteiger partial charge in [-0.1, -0.05) is 0 Å². The van der Waals surface area contributed by atoms with Crippen LogP contribution in [-0.2, 0) is 4.74 Å². The van der Waals surface area contributed by atoms with Gasteiger partial charge in [-0.25, -0.2) is 4.79 Å². The van der Waals surface area contributed by atoms with E-state index in [1.165, 1.54) is 4.90 Å². The molecule has 2 N–H and O–H groups in total. The zero-order valence-corrected chi connectivity index (χ0v) is 12.2. The number of esters is 1. The lowest BCUT2D eigenvalue weighted by Gasteiger charge is -2.23. The van der Waals surface area contributed by atoms with E-state index in [-0.39, 0.29) is 32.0 Å². The van der Waals surface area contributed by atoms with Crippen LogP contribution < -0.4 is 4.90 Å². The first-order valence-electron chi connectivity index (χ1n) is 6.39. The molecule has 0 spiro atoms. The second-order valence-corrected chi connectivity index (χ2v) is 4.30. The molecule has 0 saturated carbocycles. The van der Waals surface area contributed by atoms with E-state index < -0.39 is 32.8 Å². The Bertz CT molecular complexity index is 613. The number of hydrogen-bond donors (Lipinski definition) is 2. The zero-order valence-electron chi connectivity index (χ0n) is 12.2. The molecule has 0 bridgehead atoms. The molecule has 0 fully saturated rings. The summed E-state index contributed by atoms with van der Waals surface area (Å²) in [6, 6.07) is 1.61. The molecule has 0 heterocycles. The Labute approximate surface area is 130 Å². The molecule has 1 rings (SSSR count). The summed E-state index contributed by atoms with van der Waals surface area (Å²) in [4.78, 5) is 33.4. The molecule has 0 radical (unpaired) electrons. The Morgan fingerprint density at radius 3 is 2.04 bits per heavy atom. The maximum Gasteiger partial charge on any atom is 0.344 e. The third-order valence-corrected chi connectivity index (χ3v) is 2.97. The molecule has 0 atom stereocenters. The molecule has 1 aromatic rings. The van der Waals surface area contributed by atoms with Crippen LogP contribution in [0.2, 0.25) is 0 Å². The van der Waals surface area contributed by atoms with Gasteiger partial charge in [0, 0.05) is 13.1 Å². The van der Waals surface area contributed by atoms with Crippen LogP contribution >= 0.6 is 0 Å². The molecule has 126 valence electrons. The van der Waals surface area contributed by atoms with E-state index in [0.29, 0.717) is 6.07 Å². The smallest absolute Gasteiger partial charge is 0.344 e. The summed E-state index contributed by atoms with van der Waals surface area (Å²) in [5, 5.41) is 40.3. The minimum atomic E-state index is -1.03. The van der Waals surface area contributed by atoms with E-state index in [1.807, 2.05) is 0 Å². The summed E-state index contributed by atoms with van der Waals surface area (Å²) < 4.78 is 4.45. The Morgan fingerprint density at radius 1 is 1.13 bits per heavy atom. The first kappa shape index (κ1) is 18.3. The number of anilines is 1. The Kier molecular flexibility index (Phi) is 6.35. The molecule has 1 aromatic carbocycles. The number of nitro benzene ring substituents is 2. The lowest BCUT2D eigenvalue weighted by Crippen LogP contribution is -2.30. The third-order valence-electron chi connectivity index (χ3n) is 2.97. The van der Waals surface area contributed by atoms with E-state index in [4.69, 9.17) is 10.2 Å². The van der Waals surface area contributed by atoms with Crippen molar-refractivity contribution in [2.75, 3.05) is 38.3 Å². The SMILES string of the molecule is COC(=O)c1cc(N(CCO)CCO)c([N+](=O)[O-])cc1[N+](=O)[O-]. The minimum Gasteiger partial charge on any atom is -0.465 e. The molecule has 0 aromatic heterocycles. The van der Waals surface area contributed by atoms with E-state index in [0.717, 1.165) is 13.2 Å². The summed E-state index contributed by atoms with van der Waals surface area (Å²) >= 11 is 0. The molecule has 0 aliphatic carbocycles. The topological polar surface area (TPSA) is 156 Å². The normalized spacial score (nSPS) is 10.2. The Balaban J connectivity index is 3.61. The Morgan fingerprint density at radius 2 is 1.65 bits per heavy atom. The first-order chi connectivity index (χ1) is 10.9. The summed E-state index contributed by atoms with van der Waals surface area (Å²) in [5.74, 6) is -1.03. The van der Waals surface area contributed by atoms with Crippen LogP contribution in [0.3, 0.4) is 0 Å². The third kappa shape index (κ3) is 4.11. The van der Waals surface area contributed by atoms with Crippen LogP contribution in [0.25, 0.3) is 0 Å². The second-order valence-electron chi connectivity index (χ2n) is 4.30. The quantitative estimate of drug-likeness (QED) is 0.383. The molecule has 0 amide bonds. The van der Waals surface area contributed by atoms with Crippen molar-refractivity contribution < 1.29 is 29.6 Å². The number of ether oxygens (including phenoxy) is 1. The van der Waals surface area contributed by atoms with Crippen molar-refractivity contribution in [3.63, 3.8) is 0 Å². The zero-order chi connectivity index (χ0) is 17.6. The first-order valence-corrected chi connectivity index (χ1v) is 6.39. The highest BCUT2D eigenvalue weighted by Gasteiger charge is 2.30. The number of benzene rings is 1. The fourth-order valence-corrected chi connectivity index (χ4v) is 1.98. The number of rotatable bonds is 8. The molecule has 0 saturated heterocycles. The highest BCUT2D eigenvalue weighted by molar-refractivity contribution is 5.96. The number of hydrogen-bond acceptors (Lipinski definition) is 9. The van der Waals surface area contributed by atoms with Crippen LogP contribution in [-0.4, -0.2) is 59.4 Å². The van der Waals surface area contributed by atoms with Crippen molar-refractivity contribution in [2.24, 2.45) is 0 Å². The number of aliphatic hydroxyl groups is 2. The van der Waals surface area contributed by atoms with Crippen LogP contribution in [0, 0.1) is 20.2 Å². The largest absolute Gasteiger partial charge is 0.465 e. The van der Waals surface area contributed by atoms with Crippen molar-refractivity contribution in [1.29, 1.82) is 0 Å². The molecule has 23 heavy (non-hydrogen) atoms. The van der Waals surface area contributed by atoms with Gasteiger partial charge in [0.2, 0.25) is 0 Å². The molecule has 0 aliphatic rings. The van der Waals surface area contributed by atoms with Crippen molar-refractivity contribution in [3.05, 3.63) is 37.9 Å². The molecular weight excluding hydrogens is 314 g/mol. The predicted molar refractivity (Wildman–Crippen MR) is 77.5 cm³/mol. The minimum absolute atomic E-state index is 0.0696. The maximum absolute atomic E-state index is 11.7. The second kappa shape index (κ2) is 8.00. The van der Waals surface area contributed by atoms with Gasteiger partial charge >= 0.3 is 5.97 Å². The van der Waals surface area contributed by atoms with Gasteiger partial charge < -0.3 is 19.8 Å². The fourth-order valence-electron chi connectivity index (χ4n) is 1.98. The maximum atomic E-state index is 11.7. The highest BCUT2D eigenvalue weighted by atomic mass is 16.6. The molecule has 11 nitrogen and oxygen atoms in total. The van der Waals surface area contributed by atoms with Crippen molar-refractivity contribution in [2.45, 2.75) is 0 Å². The van der Waals surface area contributed by atoms with Gasteiger partial charge in [-0.05, 0) is 6.07 Å². The van der Waals surface area contributed by atoms with Gasteiger partial charge in [-0.15, -0.1) is 0 Å². The summed E-state index contributed by atoms with van der Waals surface area (Å²) in [5.41, 5.74) is -1.98. The van der Waals surface area contributed by atoms with Crippen LogP contribution in [0.5, 0.6) is 0 Å². The van der Waals surface area contributed by atoms with E-state index in [1.54, 1.807) is 0 Å². The molecular formula is C12H15N3O8.